The summed E-state index contributed by atoms with van der Waals surface area (Å²) in [4.78, 5) is 20.7. The summed E-state index contributed by atoms with van der Waals surface area (Å²) in [6, 6.07) is 13.9. The minimum atomic E-state index is -0.540. The molecule has 7 heteroatoms. The van der Waals surface area contributed by atoms with Crippen LogP contribution in [0, 0.1) is 31.6 Å². The van der Waals surface area contributed by atoms with E-state index in [0.29, 0.717) is 11.1 Å². The molecule has 0 aliphatic carbocycles. The summed E-state index contributed by atoms with van der Waals surface area (Å²) >= 11 is 0. The largest absolute Gasteiger partial charge is 0.276 e. The predicted molar refractivity (Wildman–Crippen MR) is 88.8 cm³/mol. The number of hydrogen-bond acceptors (Lipinski definition) is 5. The van der Waals surface area contributed by atoms with Gasteiger partial charge in [-0.2, -0.15) is 5.26 Å². The second-order valence-corrected chi connectivity index (χ2v) is 4.67. The van der Waals surface area contributed by atoms with Crippen molar-refractivity contribution in [2.75, 3.05) is 0 Å². The van der Waals surface area contributed by atoms with Crippen molar-refractivity contribution in [1.29, 1.82) is 5.26 Å². The lowest BCUT2D eigenvalue weighted by atomic mass is 10.1. The van der Waals surface area contributed by atoms with E-state index in [2.05, 4.69) is 0 Å². The van der Waals surface area contributed by atoms with Gasteiger partial charge in [-0.15, -0.1) is 0 Å². The zero-order chi connectivity index (χ0) is 17.5. The molecule has 0 atom stereocenters. The SMILES string of the molecule is N#C/C(=C/C=C/c1ccccc1[N+](=O)[O-])c1cccc([N+](=O)[O-])c1. The fourth-order valence-corrected chi connectivity index (χ4v) is 2.03. The predicted octanol–water partition coefficient (Wildman–Crippen LogP) is 4.12. The summed E-state index contributed by atoms with van der Waals surface area (Å²) < 4.78 is 0. The molecule has 24 heavy (non-hydrogen) atoms. The third kappa shape index (κ3) is 3.90. The summed E-state index contributed by atoms with van der Waals surface area (Å²) in [6.45, 7) is 0. The molecule has 0 saturated heterocycles. The smallest absolute Gasteiger partial charge is 0.258 e. The molecular weight excluding hydrogens is 310 g/mol. The summed E-state index contributed by atoms with van der Waals surface area (Å²) in [5, 5.41) is 30.9. The van der Waals surface area contributed by atoms with E-state index >= 15 is 0 Å². The van der Waals surface area contributed by atoms with Crippen LogP contribution < -0.4 is 0 Å². The third-order valence-corrected chi connectivity index (χ3v) is 3.16. The Bertz CT molecular complexity index is 895. The molecule has 0 radical (unpaired) electrons. The van der Waals surface area contributed by atoms with Crippen LogP contribution in [-0.2, 0) is 0 Å². The van der Waals surface area contributed by atoms with Gasteiger partial charge < -0.3 is 0 Å². The van der Waals surface area contributed by atoms with Gasteiger partial charge in [0.25, 0.3) is 11.4 Å². The number of non-ortho nitro benzene ring substituents is 1. The molecule has 0 aliphatic heterocycles. The number of rotatable bonds is 5. The monoisotopic (exact) mass is 321 g/mol. The molecule has 2 aromatic rings. The van der Waals surface area contributed by atoms with Crippen molar-refractivity contribution >= 4 is 23.0 Å². The Morgan fingerprint density at radius 1 is 1.04 bits per heavy atom. The molecular formula is C17H11N3O4. The maximum Gasteiger partial charge on any atom is 0.276 e. The molecule has 118 valence electrons. The minimum Gasteiger partial charge on any atom is -0.258 e. The minimum absolute atomic E-state index is 0.0454. The highest BCUT2D eigenvalue weighted by molar-refractivity contribution is 5.79. The molecule has 0 amide bonds. The second-order valence-electron chi connectivity index (χ2n) is 4.67. The van der Waals surface area contributed by atoms with Gasteiger partial charge in [0.1, 0.15) is 0 Å². The van der Waals surface area contributed by atoms with Gasteiger partial charge in [0.15, 0.2) is 0 Å². The van der Waals surface area contributed by atoms with Crippen LogP contribution in [0.1, 0.15) is 11.1 Å². The second kappa shape index (κ2) is 7.47. The number of hydrogen-bond donors (Lipinski definition) is 0. The summed E-state index contributed by atoms with van der Waals surface area (Å²) in [5.74, 6) is 0. The van der Waals surface area contributed by atoms with Crippen LogP contribution in [0.2, 0.25) is 0 Å². The van der Waals surface area contributed by atoms with E-state index in [0.717, 1.165) is 0 Å². The van der Waals surface area contributed by atoms with E-state index in [-0.39, 0.29) is 16.9 Å². The van der Waals surface area contributed by atoms with Crippen LogP contribution in [0.4, 0.5) is 11.4 Å². The van der Waals surface area contributed by atoms with E-state index < -0.39 is 9.85 Å². The molecule has 0 fully saturated rings. The van der Waals surface area contributed by atoms with Gasteiger partial charge in [0.05, 0.1) is 27.1 Å². The molecule has 0 N–H and O–H groups in total. The van der Waals surface area contributed by atoms with Crippen LogP contribution >= 0.6 is 0 Å². The van der Waals surface area contributed by atoms with Crippen LogP contribution in [0.3, 0.4) is 0 Å². The van der Waals surface area contributed by atoms with Crippen LogP contribution in [-0.4, -0.2) is 9.85 Å². The lowest BCUT2D eigenvalue weighted by molar-refractivity contribution is -0.385. The first kappa shape index (κ1) is 16.6. The maximum absolute atomic E-state index is 10.9. The lowest BCUT2D eigenvalue weighted by Gasteiger charge is -1.98. The van der Waals surface area contributed by atoms with Gasteiger partial charge in [0, 0.05) is 18.2 Å². The van der Waals surface area contributed by atoms with Gasteiger partial charge in [-0.25, -0.2) is 0 Å². The fraction of sp³-hybridized carbons (Fsp3) is 0. The summed E-state index contributed by atoms with van der Waals surface area (Å²) in [6.07, 6.45) is 4.46. The molecule has 0 heterocycles. The molecule has 2 rings (SSSR count). The Balaban J connectivity index is 2.33. The molecule has 0 unspecified atom stereocenters. The molecule has 0 bridgehead atoms. The number of nitro groups is 2. The average Bonchev–Trinajstić information content (AvgIpc) is 2.59. The van der Waals surface area contributed by atoms with Crippen molar-refractivity contribution in [3.63, 3.8) is 0 Å². The molecule has 0 spiro atoms. The fourth-order valence-electron chi connectivity index (χ4n) is 2.03. The first-order valence-corrected chi connectivity index (χ1v) is 6.79. The average molecular weight is 321 g/mol. The first-order valence-electron chi connectivity index (χ1n) is 6.79. The Labute approximate surface area is 137 Å². The van der Waals surface area contributed by atoms with Crippen molar-refractivity contribution in [3.8, 4) is 6.07 Å². The highest BCUT2D eigenvalue weighted by atomic mass is 16.6. The highest BCUT2D eigenvalue weighted by Crippen LogP contribution is 2.21. The highest BCUT2D eigenvalue weighted by Gasteiger charge is 2.10. The zero-order valence-electron chi connectivity index (χ0n) is 12.3. The standard InChI is InChI=1S/C17H11N3O4/c18-12-15(14-7-4-9-16(11-14)19(21)22)8-3-6-13-5-1-2-10-17(13)20(23)24/h1-11H/b6-3+,15-8-. The number of allylic oxidation sites excluding steroid dienone is 3. The maximum atomic E-state index is 10.9. The third-order valence-electron chi connectivity index (χ3n) is 3.16. The Kier molecular flexibility index (Phi) is 5.16. The van der Waals surface area contributed by atoms with Crippen molar-refractivity contribution in [2.24, 2.45) is 0 Å². The van der Waals surface area contributed by atoms with Gasteiger partial charge in [-0.05, 0) is 23.8 Å². The van der Waals surface area contributed by atoms with Crippen molar-refractivity contribution < 1.29 is 9.85 Å². The van der Waals surface area contributed by atoms with E-state index in [9.17, 15) is 25.5 Å². The summed E-state index contributed by atoms with van der Waals surface area (Å²) in [5.41, 5.74) is 0.856. The summed E-state index contributed by atoms with van der Waals surface area (Å²) in [7, 11) is 0. The topological polar surface area (TPSA) is 110 Å². The van der Waals surface area contributed by atoms with Gasteiger partial charge in [0.2, 0.25) is 0 Å². The van der Waals surface area contributed by atoms with Crippen molar-refractivity contribution in [2.45, 2.75) is 0 Å². The Morgan fingerprint density at radius 3 is 2.46 bits per heavy atom. The quantitative estimate of drug-likeness (QED) is 0.356. The van der Waals surface area contributed by atoms with E-state index in [1.165, 1.54) is 42.5 Å². The van der Waals surface area contributed by atoms with Crippen molar-refractivity contribution in [1.82, 2.24) is 0 Å². The van der Waals surface area contributed by atoms with E-state index in [1.54, 1.807) is 24.3 Å². The number of nitriles is 1. The van der Waals surface area contributed by atoms with Crippen LogP contribution in [0.5, 0.6) is 0 Å². The Morgan fingerprint density at radius 2 is 1.79 bits per heavy atom. The molecule has 0 aromatic heterocycles. The number of para-hydroxylation sites is 1. The van der Waals surface area contributed by atoms with Crippen molar-refractivity contribution in [3.05, 3.63) is 92.0 Å². The normalized spacial score (nSPS) is 11.2. The van der Waals surface area contributed by atoms with E-state index in [4.69, 9.17) is 0 Å². The Hall–Kier alpha value is -3.79. The van der Waals surface area contributed by atoms with Crippen LogP contribution in [0.15, 0.2) is 60.7 Å². The number of nitrogens with zero attached hydrogens (tertiary/aromatic N) is 3. The zero-order valence-corrected chi connectivity index (χ0v) is 12.3. The lowest BCUT2D eigenvalue weighted by Crippen LogP contribution is -1.90. The number of benzene rings is 2. The number of nitro benzene ring substituents is 2. The molecule has 2 aromatic carbocycles. The first-order chi connectivity index (χ1) is 11.5. The molecule has 0 aliphatic rings. The molecule has 0 saturated carbocycles. The van der Waals surface area contributed by atoms with Gasteiger partial charge in [-0.3, -0.25) is 20.2 Å². The van der Waals surface area contributed by atoms with Crippen LogP contribution in [0.25, 0.3) is 11.6 Å². The molecule has 7 nitrogen and oxygen atoms in total. The van der Waals surface area contributed by atoms with Gasteiger partial charge in [-0.1, -0.05) is 30.3 Å². The van der Waals surface area contributed by atoms with Gasteiger partial charge >= 0.3 is 0 Å². The van der Waals surface area contributed by atoms with E-state index in [1.807, 2.05) is 6.07 Å².